The van der Waals surface area contributed by atoms with Crippen molar-refractivity contribution in [3.05, 3.63) is 0 Å². The highest BCUT2D eigenvalue weighted by molar-refractivity contribution is 5.78. The summed E-state index contributed by atoms with van der Waals surface area (Å²) in [5.41, 5.74) is 5.92. The fourth-order valence-electron chi connectivity index (χ4n) is 2.89. The van der Waals surface area contributed by atoms with Crippen molar-refractivity contribution in [2.75, 3.05) is 32.7 Å². The fourth-order valence-corrected chi connectivity index (χ4v) is 2.89. The number of piperidine rings is 1. The van der Waals surface area contributed by atoms with E-state index < -0.39 is 0 Å². The first-order valence-corrected chi connectivity index (χ1v) is 6.92. The Morgan fingerprint density at radius 3 is 2.35 bits per heavy atom. The van der Waals surface area contributed by atoms with Crippen LogP contribution in [-0.4, -0.2) is 54.5 Å². The topological polar surface area (TPSA) is 49.6 Å². The lowest BCUT2D eigenvalue weighted by Crippen LogP contribution is -2.44. The van der Waals surface area contributed by atoms with Crippen molar-refractivity contribution in [2.24, 2.45) is 11.7 Å². The van der Waals surface area contributed by atoms with Crippen molar-refractivity contribution < 1.29 is 4.79 Å². The molecule has 0 aromatic carbocycles. The van der Waals surface area contributed by atoms with Crippen LogP contribution >= 0.6 is 0 Å². The van der Waals surface area contributed by atoms with Gasteiger partial charge in [-0.1, -0.05) is 0 Å². The van der Waals surface area contributed by atoms with Crippen LogP contribution in [0.5, 0.6) is 0 Å². The lowest BCUT2D eigenvalue weighted by atomic mass is 9.91. The first-order valence-electron chi connectivity index (χ1n) is 6.92. The summed E-state index contributed by atoms with van der Waals surface area (Å²) in [6.45, 7) is 6.71. The van der Waals surface area contributed by atoms with Crippen molar-refractivity contribution in [3.8, 4) is 0 Å². The minimum atomic E-state index is 0.298. The molecule has 4 nitrogen and oxygen atoms in total. The maximum Gasteiger partial charge on any atom is 0.236 e. The molecule has 1 atom stereocenters. The number of nitrogens with zero attached hydrogens (tertiary/aromatic N) is 2. The number of carbonyl (C=O) groups is 1. The molecule has 0 aromatic rings. The lowest BCUT2D eigenvalue weighted by Gasteiger charge is -2.34. The number of rotatable bonds is 3. The van der Waals surface area contributed by atoms with Gasteiger partial charge in [0.2, 0.25) is 5.91 Å². The average Bonchev–Trinajstić information content (AvgIpc) is 2.83. The van der Waals surface area contributed by atoms with Crippen LogP contribution in [0.15, 0.2) is 0 Å². The van der Waals surface area contributed by atoms with E-state index in [0.717, 1.165) is 39.0 Å². The number of amides is 1. The third-order valence-corrected chi connectivity index (χ3v) is 4.19. The summed E-state index contributed by atoms with van der Waals surface area (Å²) in [6.07, 6.45) is 4.65. The molecule has 0 aromatic heterocycles. The molecule has 2 aliphatic heterocycles. The van der Waals surface area contributed by atoms with E-state index in [1.807, 2.05) is 4.90 Å². The van der Waals surface area contributed by atoms with Crippen molar-refractivity contribution >= 4 is 5.91 Å². The van der Waals surface area contributed by atoms with Gasteiger partial charge in [0.1, 0.15) is 0 Å². The number of hydrogen-bond donors (Lipinski definition) is 1. The summed E-state index contributed by atoms with van der Waals surface area (Å²) in [4.78, 5) is 16.3. The molecule has 1 amide bonds. The van der Waals surface area contributed by atoms with Gasteiger partial charge in [0.05, 0.1) is 6.54 Å². The van der Waals surface area contributed by atoms with Crippen LogP contribution in [0.2, 0.25) is 0 Å². The average molecular weight is 239 g/mol. The summed E-state index contributed by atoms with van der Waals surface area (Å²) >= 11 is 0. The Morgan fingerprint density at radius 2 is 1.82 bits per heavy atom. The zero-order valence-electron chi connectivity index (χ0n) is 10.9. The Balaban J connectivity index is 1.72. The standard InChI is InChI=1S/C13H25N3O/c1-11(14)12-4-8-15(9-5-12)10-13(17)16-6-2-3-7-16/h11-12H,2-10,14H2,1H3. The highest BCUT2D eigenvalue weighted by Crippen LogP contribution is 2.19. The molecule has 2 aliphatic rings. The molecule has 1 unspecified atom stereocenters. The largest absolute Gasteiger partial charge is 0.342 e. The van der Waals surface area contributed by atoms with Gasteiger partial charge in [-0.3, -0.25) is 9.69 Å². The Kier molecular flexibility index (Phi) is 4.40. The van der Waals surface area contributed by atoms with Gasteiger partial charge in [0.15, 0.2) is 0 Å². The quantitative estimate of drug-likeness (QED) is 0.787. The van der Waals surface area contributed by atoms with Crippen LogP contribution in [0.1, 0.15) is 32.6 Å². The molecule has 0 saturated carbocycles. The molecular weight excluding hydrogens is 214 g/mol. The van der Waals surface area contributed by atoms with E-state index in [9.17, 15) is 4.79 Å². The Morgan fingerprint density at radius 1 is 1.24 bits per heavy atom. The Hall–Kier alpha value is -0.610. The summed E-state index contributed by atoms with van der Waals surface area (Å²) in [7, 11) is 0. The van der Waals surface area contributed by atoms with E-state index in [4.69, 9.17) is 5.73 Å². The zero-order valence-corrected chi connectivity index (χ0v) is 10.9. The van der Waals surface area contributed by atoms with Crippen molar-refractivity contribution in [2.45, 2.75) is 38.6 Å². The van der Waals surface area contributed by atoms with Crippen LogP contribution in [0.3, 0.4) is 0 Å². The van der Waals surface area contributed by atoms with Gasteiger partial charge in [0, 0.05) is 19.1 Å². The van der Waals surface area contributed by atoms with E-state index in [2.05, 4.69) is 11.8 Å². The second-order valence-corrected chi connectivity index (χ2v) is 5.56. The van der Waals surface area contributed by atoms with Gasteiger partial charge in [0.25, 0.3) is 0 Å². The number of hydrogen-bond acceptors (Lipinski definition) is 3. The van der Waals surface area contributed by atoms with E-state index in [-0.39, 0.29) is 0 Å². The van der Waals surface area contributed by atoms with Gasteiger partial charge < -0.3 is 10.6 Å². The smallest absolute Gasteiger partial charge is 0.236 e. The molecule has 0 aliphatic carbocycles. The molecule has 0 radical (unpaired) electrons. The molecular formula is C13H25N3O. The van der Waals surface area contributed by atoms with E-state index >= 15 is 0 Å². The summed E-state index contributed by atoms with van der Waals surface area (Å²) < 4.78 is 0. The van der Waals surface area contributed by atoms with Crippen LogP contribution in [0, 0.1) is 5.92 Å². The molecule has 2 fully saturated rings. The second-order valence-electron chi connectivity index (χ2n) is 5.56. The molecule has 2 heterocycles. The second kappa shape index (κ2) is 5.83. The number of likely N-dealkylation sites (tertiary alicyclic amines) is 2. The minimum Gasteiger partial charge on any atom is -0.342 e. The molecule has 2 N–H and O–H groups in total. The van der Waals surface area contributed by atoms with E-state index in [1.54, 1.807) is 0 Å². The monoisotopic (exact) mass is 239 g/mol. The molecule has 0 bridgehead atoms. The highest BCUT2D eigenvalue weighted by Gasteiger charge is 2.25. The summed E-state index contributed by atoms with van der Waals surface area (Å²) in [6, 6.07) is 0.298. The van der Waals surface area contributed by atoms with E-state index in [0.29, 0.717) is 24.4 Å². The third kappa shape index (κ3) is 3.42. The van der Waals surface area contributed by atoms with Gasteiger partial charge in [-0.2, -0.15) is 0 Å². The van der Waals surface area contributed by atoms with Gasteiger partial charge in [-0.15, -0.1) is 0 Å². The number of carbonyl (C=O) groups excluding carboxylic acids is 1. The summed E-state index contributed by atoms with van der Waals surface area (Å²) in [5, 5.41) is 0. The van der Waals surface area contributed by atoms with Crippen molar-refractivity contribution in [1.29, 1.82) is 0 Å². The molecule has 4 heteroatoms. The third-order valence-electron chi connectivity index (χ3n) is 4.19. The molecule has 0 spiro atoms. The zero-order chi connectivity index (χ0) is 12.3. The molecule has 2 rings (SSSR count). The Labute approximate surface area is 104 Å². The predicted octanol–water partition coefficient (Wildman–Crippen LogP) is 0.668. The predicted molar refractivity (Wildman–Crippen MR) is 68.6 cm³/mol. The fraction of sp³-hybridized carbons (Fsp3) is 0.923. The lowest BCUT2D eigenvalue weighted by molar-refractivity contribution is -0.131. The SMILES string of the molecule is CC(N)C1CCN(CC(=O)N2CCCC2)CC1. The van der Waals surface area contributed by atoms with Crippen LogP contribution in [-0.2, 0) is 4.79 Å². The summed E-state index contributed by atoms with van der Waals surface area (Å²) in [5.74, 6) is 0.967. The maximum atomic E-state index is 12.0. The number of nitrogens with two attached hydrogens (primary N) is 1. The van der Waals surface area contributed by atoms with Crippen LogP contribution in [0.25, 0.3) is 0 Å². The molecule has 98 valence electrons. The van der Waals surface area contributed by atoms with E-state index in [1.165, 1.54) is 12.8 Å². The minimum absolute atomic E-state index is 0.298. The first-order chi connectivity index (χ1) is 8.16. The highest BCUT2D eigenvalue weighted by atomic mass is 16.2. The van der Waals surface area contributed by atoms with Crippen LogP contribution in [0.4, 0.5) is 0 Å². The molecule has 17 heavy (non-hydrogen) atoms. The first kappa shape index (κ1) is 12.8. The van der Waals surface area contributed by atoms with Gasteiger partial charge in [-0.05, 0) is 51.6 Å². The molecule has 2 saturated heterocycles. The Bertz CT molecular complexity index is 253. The van der Waals surface area contributed by atoms with Gasteiger partial charge >= 0.3 is 0 Å². The van der Waals surface area contributed by atoms with Crippen molar-refractivity contribution in [3.63, 3.8) is 0 Å². The van der Waals surface area contributed by atoms with Crippen LogP contribution < -0.4 is 5.73 Å². The van der Waals surface area contributed by atoms with Crippen molar-refractivity contribution in [1.82, 2.24) is 9.80 Å². The normalized spacial score (nSPS) is 25.2. The van der Waals surface area contributed by atoms with Gasteiger partial charge in [-0.25, -0.2) is 0 Å². The maximum absolute atomic E-state index is 12.0.